The SMILES string of the molecule is C=CCC(OC[C@H]1OC(n2ncc3c(N(C(=O)OC(C)(C)C)C4CCCC4)nc(Cl)nc32)[C@@H]2OC(C)(C)O[C@H]12)(C(=O)OCC)P(=O)(OCC)OCC. The fourth-order valence-corrected chi connectivity index (χ4v) is 9.08. The Hall–Kier alpha value is -2.69. The average molecular weight is 772 g/mol. The Morgan fingerprint density at radius 2 is 1.75 bits per heavy atom. The Morgan fingerprint density at radius 3 is 2.35 bits per heavy atom. The van der Waals surface area contributed by atoms with Crippen LogP contribution in [0.2, 0.25) is 5.28 Å². The highest BCUT2D eigenvalue weighted by atomic mass is 35.5. The first-order valence-electron chi connectivity index (χ1n) is 17.8. The molecular weight excluding hydrogens is 721 g/mol. The molecule has 18 heteroatoms. The van der Waals surface area contributed by atoms with E-state index in [0.717, 1.165) is 25.7 Å². The van der Waals surface area contributed by atoms with Crippen LogP contribution in [0.1, 0.15) is 93.7 Å². The number of hydrogen-bond acceptors (Lipinski definition) is 14. The van der Waals surface area contributed by atoms with E-state index in [1.54, 1.807) is 66.5 Å². The zero-order valence-electron chi connectivity index (χ0n) is 31.2. The van der Waals surface area contributed by atoms with Gasteiger partial charge in [0.25, 0.3) is 5.34 Å². The molecule has 0 N–H and O–H groups in total. The van der Waals surface area contributed by atoms with E-state index in [4.69, 9.17) is 49.1 Å². The van der Waals surface area contributed by atoms with E-state index in [-0.39, 0.29) is 55.6 Å². The largest absolute Gasteiger partial charge is 0.463 e. The predicted octanol–water partition coefficient (Wildman–Crippen LogP) is 6.70. The van der Waals surface area contributed by atoms with Gasteiger partial charge in [0.05, 0.1) is 38.0 Å². The van der Waals surface area contributed by atoms with Crippen molar-refractivity contribution in [2.45, 2.75) is 135 Å². The maximum Gasteiger partial charge on any atom is 0.416 e. The molecule has 2 saturated heterocycles. The number of rotatable bonds is 15. The Kier molecular flexibility index (Phi) is 12.4. The summed E-state index contributed by atoms with van der Waals surface area (Å²) >= 11 is 6.55. The lowest BCUT2D eigenvalue weighted by atomic mass is 10.1. The molecule has 0 aromatic carbocycles. The first kappa shape index (κ1) is 40.5. The molecule has 290 valence electrons. The third kappa shape index (κ3) is 8.04. The van der Waals surface area contributed by atoms with Crippen LogP contribution in [0.3, 0.4) is 0 Å². The number of ether oxygens (including phenoxy) is 6. The summed E-state index contributed by atoms with van der Waals surface area (Å²) in [5, 5.41) is 2.79. The monoisotopic (exact) mass is 771 g/mol. The van der Waals surface area contributed by atoms with Crippen LogP contribution in [0, 0.1) is 0 Å². The molecule has 2 unspecified atom stereocenters. The van der Waals surface area contributed by atoms with Gasteiger partial charge in [0, 0.05) is 12.5 Å². The number of amides is 1. The first-order chi connectivity index (χ1) is 24.5. The smallest absolute Gasteiger partial charge is 0.416 e. The lowest BCUT2D eigenvalue weighted by Crippen LogP contribution is -2.46. The summed E-state index contributed by atoms with van der Waals surface area (Å²) in [7, 11) is -4.31. The summed E-state index contributed by atoms with van der Waals surface area (Å²) in [6.45, 7) is 17.2. The molecule has 2 aromatic rings. The van der Waals surface area contributed by atoms with Crippen LogP contribution in [0.25, 0.3) is 11.0 Å². The maximum atomic E-state index is 14.3. The molecule has 52 heavy (non-hydrogen) atoms. The van der Waals surface area contributed by atoms with Crippen molar-refractivity contribution in [2.75, 3.05) is 31.3 Å². The van der Waals surface area contributed by atoms with Crippen LogP contribution in [0.5, 0.6) is 0 Å². The molecule has 5 rings (SSSR count). The number of halogens is 1. The Balaban J connectivity index is 1.53. The molecule has 1 aliphatic carbocycles. The van der Waals surface area contributed by atoms with Crippen LogP contribution in [-0.4, -0.2) is 99.3 Å². The van der Waals surface area contributed by atoms with Crippen LogP contribution in [-0.2, 0) is 46.8 Å². The number of carbonyl (C=O) groups is 2. The van der Waals surface area contributed by atoms with Gasteiger partial charge in [-0.05, 0) is 79.8 Å². The molecule has 3 aliphatic rings. The lowest BCUT2D eigenvalue weighted by Gasteiger charge is -2.36. The number of esters is 1. The maximum absolute atomic E-state index is 14.3. The van der Waals surface area contributed by atoms with Gasteiger partial charge in [0.15, 0.2) is 23.5 Å². The predicted molar refractivity (Wildman–Crippen MR) is 190 cm³/mol. The van der Waals surface area contributed by atoms with Gasteiger partial charge in [-0.2, -0.15) is 15.1 Å². The minimum absolute atomic E-state index is 0.0118. The summed E-state index contributed by atoms with van der Waals surface area (Å²) in [4.78, 5) is 37.9. The van der Waals surface area contributed by atoms with E-state index in [2.05, 4.69) is 21.6 Å². The average Bonchev–Trinajstić information content (AvgIpc) is 3.83. The quantitative estimate of drug-likeness (QED) is 0.0810. The van der Waals surface area contributed by atoms with Crippen molar-refractivity contribution in [3.8, 4) is 0 Å². The fourth-order valence-electron chi connectivity index (χ4n) is 6.88. The number of nitrogens with zero attached hydrogens (tertiary/aromatic N) is 5. The lowest BCUT2D eigenvalue weighted by molar-refractivity contribution is -0.208. The molecule has 1 saturated carbocycles. The summed E-state index contributed by atoms with van der Waals surface area (Å²) in [5.74, 6) is -1.70. The van der Waals surface area contributed by atoms with E-state index < -0.39 is 60.9 Å². The highest BCUT2D eigenvalue weighted by Gasteiger charge is 2.62. The number of aromatic nitrogens is 4. The zero-order chi connectivity index (χ0) is 38.1. The standard InChI is InChI=1S/C34H51ClN5O11P/c1-10-18-34(29(41)44-11-2,52(43,46-12-3)47-13-4)45-20-23-24-25(50-33(8,9)49-24)28(48-23)40-27-22(19-36-40)26(37-30(35)38-27)39(21-16-14-15-17-21)31(42)51-32(5,6)7/h10,19,21,23-25,28H,1,11-18,20H2,2-9H3/t23-,24-,25-,28?,34?/m1/s1. The van der Waals surface area contributed by atoms with Crippen LogP contribution in [0.4, 0.5) is 10.6 Å². The summed E-state index contributed by atoms with van der Waals surface area (Å²) in [6, 6.07) is -0.159. The zero-order valence-corrected chi connectivity index (χ0v) is 32.8. The molecule has 16 nitrogen and oxygen atoms in total. The van der Waals surface area contributed by atoms with E-state index in [1.165, 1.54) is 10.8 Å². The van der Waals surface area contributed by atoms with Gasteiger partial charge in [0.1, 0.15) is 23.9 Å². The van der Waals surface area contributed by atoms with Crippen LogP contribution < -0.4 is 4.90 Å². The van der Waals surface area contributed by atoms with Gasteiger partial charge in [-0.1, -0.05) is 18.9 Å². The van der Waals surface area contributed by atoms with Crippen molar-refractivity contribution in [3.63, 3.8) is 0 Å². The normalized spacial score (nSPS) is 24.5. The van der Waals surface area contributed by atoms with Crippen LogP contribution in [0.15, 0.2) is 18.9 Å². The molecule has 0 bridgehead atoms. The van der Waals surface area contributed by atoms with Gasteiger partial charge in [-0.15, -0.1) is 6.58 Å². The third-order valence-electron chi connectivity index (χ3n) is 8.82. The van der Waals surface area contributed by atoms with Crippen molar-refractivity contribution in [3.05, 3.63) is 24.1 Å². The Bertz CT molecular complexity index is 1650. The van der Waals surface area contributed by atoms with E-state index >= 15 is 0 Å². The Labute approximate surface area is 309 Å². The van der Waals surface area contributed by atoms with Crippen LogP contribution >= 0.6 is 19.2 Å². The van der Waals surface area contributed by atoms with Crippen molar-refractivity contribution in [1.29, 1.82) is 0 Å². The van der Waals surface area contributed by atoms with E-state index in [9.17, 15) is 14.2 Å². The van der Waals surface area contributed by atoms with Gasteiger partial charge in [-0.3, -0.25) is 9.46 Å². The minimum Gasteiger partial charge on any atom is -0.463 e. The second-order valence-corrected chi connectivity index (χ2v) is 16.8. The molecule has 3 fully saturated rings. The Morgan fingerprint density at radius 1 is 1.10 bits per heavy atom. The summed E-state index contributed by atoms with van der Waals surface area (Å²) < 4.78 is 63.8. The van der Waals surface area contributed by atoms with Gasteiger partial charge in [-0.25, -0.2) is 14.3 Å². The fraction of sp³-hybridized carbons (Fsp3) is 0.735. The van der Waals surface area contributed by atoms with Crippen molar-refractivity contribution >= 4 is 48.1 Å². The molecule has 1 amide bonds. The molecule has 4 heterocycles. The molecule has 2 aromatic heterocycles. The molecular formula is C34H51ClN5O11P. The molecule has 5 atom stereocenters. The van der Waals surface area contributed by atoms with E-state index in [0.29, 0.717) is 5.39 Å². The second kappa shape index (κ2) is 16.0. The highest BCUT2D eigenvalue weighted by Crippen LogP contribution is 2.63. The summed E-state index contributed by atoms with van der Waals surface area (Å²) in [5.41, 5.74) is -0.468. The number of carbonyl (C=O) groups excluding carboxylic acids is 2. The van der Waals surface area contributed by atoms with Crippen molar-refractivity contribution in [2.24, 2.45) is 0 Å². The first-order valence-corrected chi connectivity index (χ1v) is 19.7. The second-order valence-electron chi connectivity index (χ2n) is 14.2. The van der Waals surface area contributed by atoms with Gasteiger partial charge >= 0.3 is 19.7 Å². The molecule has 0 spiro atoms. The van der Waals surface area contributed by atoms with Gasteiger partial charge < -0.3 is 37.5 Å². The third-order valence-corrected chi connectivity index (χ3v) is 11.6. The highest BCUT2D eigenvalue weighted by molar-refractivity contribution is 7.56. The molecule has 2 aliphatic heterocycles. The van der Waals surface area contributed by atoms with Crippen molar-refractivity contribution < 1.29 is 51.6 Å². The molecule has 0 radical (unpaired) electrons. The van der Waals surface area contributed by atoms with E-state index in [1.807, 2.05) is 0 Å². The minimum atomic E-state index is -4.31. The van der Waals surface area contributed by atoms with Gasteiger partial charge in [0.2, 0.25) is 5.28 Å². The number of hydrogen-bond donors (Lipinski definition) is 0. The number of anilines is 1. The summed E-state index contributed by atoms with van der Waals surface area (Å²) in [6.07, 6.45) is 2.28. The number of fused-ring (bicyclic) bond motifs is 2. The van der Waals surface area contributed by atoms with Crippen molar-refractivity contribution in [1.82, 2.24) is 19.7 Å². The topological polar surface area (TPSA) is 172 Å².